The second-order valence-electron chi connectivity index (χ2n) is 5.74. The van der Waals surface area contributed by atoms with Crippen molar-refractivity contribution < 1.29 is 14.3 Å². The molecule has 0 radical (unpaired) electrons. The molecule has 3 aromatic rings. The van der Waals surface area contributed by atoms with E-state index in [9.17, 15) is 4.79 Å². The summed E-state index contributed by atoms with van der Waals surface area (Å²) in [7, 11) is 0. The predicted octanol–water partition coefficient (Wildman–Crippen LogP) is 3.38. The van der Waals surface area contributed by atoms with Gasteiger partial charge in [0.15, 0.2) is 5.96 Å². The molecule has 0 atom stereocenters. The van der Waals surface area contributed by atoms with Crippen LogP contribution in [0.1, 0.15) is 18.1 Å². The summed E-state index contributed by atoms with van der Waals surface area (Å²) in [5, 5.41) is 1.91. The third kappa shape index (κ3) is 3.08. The zero-order valence-corrected chi connectivity index (χ0v) is 14.3. The van der Waals surface area contributed by atoms with Gasteiger partial charge in [-0.05, 0) is 56.2 Å². The van der Waals surface area contributed by atoms with Crippen LogP contribution in [0.15, 0.2) is 29.3 Å². The van der Waals surface area contributed by atoms with E-state index in [-0.39, 0.29) is 12.6 Å². The molecule has 7 nitrogen and oxygen atoms in total. The van der Waals surface area contributed by atoms with Gasteiger partial charge in [0.25, 0.3) is 0 Å². The first kappa shape index (κ1) is 16.6. The second-order valence-corrected chi connectivity index (χ2v) is 5.74. The third-order valence-electron chi connectivity index (χ3n) is 3.99. The summed E-state index contributed by atoms with van der Waals surface area (Å²) >= 11 is 0. The number of hydrogen-bond acceptors (Lipinski definition) is 4. The van der Waals surface area contributed by atoms with Crippen LogP contribution in [0, 0.1) is 13.8 Å². The lowest BCUT2D eigenvalue weighted by atomic mass is 10.0. The SMILES string of the molecule is CCOC(=O)Oc1ccc2[nH]c3c(C)cc(N=C(N)N)c(C)c3c2c1. The molecule has 1 aromatic heterocycles. The largest absolute Gasteiger partial charge is 0.513 e. The Morgan fingerprint density at radius 2 is 2.00 bits per heavy atom. The molecular weight excluding hydrogens is 320 g/mol. The molecule has 7 heteroatoms. The van der Waals surface area contributed by atoms with Crippen LogP contribution in [-0.4, -0.2) is 23.7 Å². The number of nitrogens with zero attached hydrogens (tertiary/aromatic N) is 1. The smallest absolute Gasteiger partial charge is 0.434 e. The van der Waals surface area contributed by atoms with Crippen LogP contribution in [0.2, 0.25) is 0 Å². The lowest BCUT2D eigenvalue weighted by Gasteiger charge is -2.07. The highest BCUT2D eigenvalue weighted by Gasteiger charge is 2.14. The number of aromatic nitrogens is 1. The van der Waals surface area contributed by atoms with Crippen molar-refractivity contribution in [3.8, 4) is 5.75 Å². The minimum Gasteiger partial charge on any atom is -0.434 e. The van der Waals surface area contributed by atoms with Crippen LogP contribution >= 0.6 is 0 Å². The van der Waals surface area contributed by atoms with Gasteiger partial charge >= 0.3 is 6.16 Å². The molecule has 0 aliphatic rings. The number of H-pyrrole nitrogens is 1. The van der Waals surface area contributed by atoms with Crippen molar-refractivity contribution in [3.05, 3.63) is 35.4 Å². The van der Waals surface area contributed by atoms with Crippen LogP contribution in [0.3, 0.4) is 0 Å². The molecule has 2 aromatic carbocycles. The minimum atomic E-state index is -0.726. The predicted molar refractivity (Wildman–Crippen MR) is 98.4 cm³/mol. The standard InChI is InChI=1S/C18H20N4O3/c1-4-24-18(23)25-11-5-6-13-12(8-11)15-10(3)14(22-17(19)20)7-9(2)16(15)21-13/h5-8,21H,4H2,1-3H3,(H4,19,20,22). The maximum atomic E-state index is 11.5. The van der Waals surface area contributed by atoms with E-state index in [1.165, 1.54) is 0 Å². The topological polar surface area (TPSA) is 116 Å². The van der Waals surface area contributed by atoms with Gasteiger partial charge in [0.1, 0.15) is 5.75 Å². The highest BCUT2D eigenvalue weighted by molar-refractivity contribution is 6.12. The van der Waals surface area contributed by atoms with Gasteiger partial charge in [-0.2, -0.15) is 0 Å². The number of carbonyl (C=O) groups is 1. The summed E-state index contributed by atoms with van der Waals surface area (Å²) in [6, 6.07) is 7.32. The summed E-state index contributed by atoms with van der Waals surface area (Å²) in [6.45, 7) is 5.92. The first-order valence-electron chi connectivity index (χ1n) is 7.90. The van der Waals surface area contributed by atoms with Gasteiger partial charge in [0.05, 0.1) is 12.3 Å². The van der Waals surface area contributed by atoms with Crippen LogP contribution in [-0.2, 0) is 4.74 Å². The first-order chi connectivity index (χ1) is 11.9. The Morgan fingerprint density at radius 3 is 2.68 bits per heavy atom. The van der Waals surface area contributed by atoms with E-state index in [1.54, 1.807) is 19.1 Å². The zero-order valence-electron chi connectivity index (χ0n) is 14.3. The fraction of sp³-hybridized carbons (Fsp3) is 0.222. The quantitative estimate of drug-likeness (QED) is 0.292. The molecule has 0 aliphatic carbocycles. The Kier molecular flexibility index (Phi) is 4.22. The molecule has 0 saturated heterocycles. The van der Waals surface area contributed by atoms with E-state index in [1.807, 2.05) is 26.0 Å². The van der Waals surface area contributed by atoms with Gasteiger partial charge in [0.2, 0.25) is 0 Å². The molecule has 0 fully saturated rings. The summed E-state index contributed by atoms with van der Waals surface area (Å²) in [6.07, 6.45) is -0.726. The number of benzene rings is 2. The number of carbonyl (C=O) groups excluding carboxylic acids is 1. The van der Waals surface area contributed by atoms with Gasteiger partial charge in [-0.15, -0.1) is 0 Å². The number of guanidine groups is 1. The lowest BCUT2D eigenvalue weighted by Crippen LogP contribution is -2.22. The van der Waals surface area contributed by atoms with Gasteiger partial charge in [0, 0.05) is 21.8 Å². The number of rotatable bonds is 3. The molecule has 0 aliphatic heterocycles. The number of aryl methyl sites for hydroxylation is 2. The molecular formula is C18H20N4O3. The molecule has 0 unspecified atom stereocenters. The maximum Gasteiger partial charge on any atom is 0.513 e. The highest BCUT2D eigenvalue weighted by Crippen LogP contribution is 2.37. The zero-order chi connectivity index (χ0) is 18.1. The molecule has 0 spiro atoms. The number of aliphatic imine (C=N–C) groups is 1. The summed E-state index contributed by atoms with van der Waals surface area (Å²) in [5.41, 5.74) is 15.7. The summed E-state index contributed by atoms with van der Waals surface area (Å²) in [5.74, 6) is 0.421. The highest BCUT2D eigenvalue weighted by atomic mass is 16.7. The Morgan fingerprint density at radius 1 is 1.24 bits per heavy atom. The van der Waals surface area contributed by atoms with Crippen LogP contribution in [0.4, 0.5) is 10.5 Å². The molecule has 5 N–H and O–H groups in total. The van der Waals surface area contributed by atoms with E-state index in [0.717, 1.165) is 32.9 Å². The van der Waals surface area contributed by atoms with E-state index in [2.05, 4.69) is 9.98 Å². The minimum absolute atomic E-state index is 0.00743. The van der Waals surface area contributed by atoms with Gasteiger partial charge in [-0.1, -0.05) is 0 Å². The Bertz CT molecular complexity index is 1000. The van der Waals surface area contributed by atoms with Crippen molar-refractivity contribution in [2.45, 2.75) is 20.8 Å². The first-order valence-corrected chi connectivity index (χ1v) is 7.90. The number of nitrogens with one attached hydrogen (secondary N) is 1. The van der Waals surface area contributed by atoms with Crippen molar-refractivity contribution in [2.24, 2.45) is 16.5 Å². The summed E-state index contributed by atoms with van der Waals surface area (Å²) < 4.78 is 10.0. The number of fused-ring (bicyclic) bond motifs is 3. The van der Waals surface area contributed by atoms with Gasteiger partial charge < -0.3 is 25.9 Å². The number of hydrogen-bond donors (Lipinski definition) is 3. The average Bonchev–Trinajstić information content (AvgIpc) is 2.91. The van der Waals surface area contributed by atoms with Crippen LogP contribution < -0.4 is 16.2 Å². The Labute approximate surface area is 144 Å². The van der Waals surface area contributed by atoms with Crippen molar-refractivity contribution in [1.82, 2.24) is 4.98 Å². The van der Waals surface area contributed by atoms with Crippen molar-refractivity contribution in [2.75, 3.05) is 6.61 Å². The van der Waals surface area contributed by atoms with E-state index in [0.29, 0.717) is 11.4 Å². The Balaban J connectivity index is 2.21. The molecule has 130 valence electrons. The van der Waals surface area contributed by atoms with Crippen LogP contribution in [0.5, 0.6) is 5.75 Å². The van der Waals surface area contributed by atoms with Crippen molar-refractivity contribution >= 4 is 39.6 Å². The van der Waals surface area contributed by atoms with Crippen molar-refractivity contribution in [3.63, 3.8) is 0 Å². The average molecular weight is 340 g/mol. The molecule has 0 amide bonds. The molecule has 0 bridgehead atoms. The van der Waals surface area contributed by atoms with Gasteiger partial charge in [-0.3, -0.25) is 0 Å². The monoisotopic (exact) mass is 340 g/mol. The molecule has 3 rings (SSSR count). The molecule has 0 saturated carbocycles. The summed E-state index contributed by atoms with van der Waals surface area (Å²) in [4.78, 5) is 19.1. The fourth-order valence-corrected chi connectivity index (χ4v) is 2.93. The van der Waals surface area contributed by atoms with E-state index < -0.39 is 6.16 Å². The third-order valence-corrected chi connectivity index (χ3v) is 3.99. The number of nitrogens with two attached hydrogens (primary N) is 2. The Hall–Kier alpha value is -3.22. The van der Waals surface area contributed by atoms with Crippen LogP contribution in [0.25, 0.3) is 21.8 Å². The fourth-order valence-electron chi connectivity index (χ4n) is 2.93. The van der Waals surface area contributed by atoms with E-state index >= 15 is 0 Å². The van der Waals surface area contributed by atoms with E-state index in [4.69, 9.17) is 20.9 Å². The number of ether oxygens (including phenoxy) is 2. The van der Waals surface area contributed by atoms with Crippen molar-refractivity contribution in [1.29, 1.82) is 0 Å². The number of aromatic amines is 1. The normalized spacial score (nSPS) is 10.8. The lowest BCUT2D eigenvalue weighted by molar-refractivity contribution is 0.104. The molecule has 25 heavy (non-hydrogen) atoms. The maximum absolute atomic E-state index is 11.5. The second kappa shape index (κ2) is 6.35. The van der Waals surface area contributed by atoms with Gasteiger partial charge in [-0.25, -0.2) is 9.79 Å². The molecule has 1 heterocycles.